The standard InChI is InChI=1S/C45H86NO7P/c1-3-5-7-9-11-13-15-17-19-21-23-25-27-29-31-33-35-37-40-50-42-44(43-52-54(48,49)51-41-39-46)53-45(47)38-36-34-32-30-28-26-24-22-20-18-16-14-12-10-8-6-4-2/h12,14,18,20,37,40,44H,3-11,13,15-17,19,21-36,38-39,41-43,46H2,1-2H3,(H,48,49)/b14-12-,20-18-,40-37-/t44-/m1/s1. The fourth-order valence-corrected chi connectivity index (χ4v) is 7.05. The van der Waals surface area contributed by atoms with Gasteiger partial charge in [0, 0.05) is 13.0 Å². The number of phosphoric acid groups is 1. The maximum absolute atomic E-state index is 12.6. The summed E-state index contributed by atoms with van der Waals surface area (Å²) in [6.45, 7) is 4.23. The molecule has 8 nitrogen and oxygen atoms in total. The SMILES string of the molecule is CCCCC/C=C\C/C=C\CCCCCCCCCC(=O)O[C@H](CO/C=C\CCCCCCCCCCCCCCCCCC)COP(=O)(O)OCCN. The zero-order valence-electron chi connectivity index (χ0n) is 35.2. The van der Waals surface area contributed by atoms with E-state index in [1.54, 1.807) is 6.26 Å². The minimum Gasteiger partial charge on any atom is -0.498 e. The first-order chi connectivity index (χ1) is 26.4. The van der Waals surface area contributed by atoms with E-state index in [4.69, 9.17) is 24.3 Å². The molecule has 0 saturated carbocycles. The minimum absolute atomic E-state index is 0.0308. The summed E-state index contributed by atoms with van der Waals surface area (Å²) in [5.74, 6) is -0.359. The summed E-state index contributed by atoms with van der Waals surface area (Å²) in [7, 11) is -4.29. The average molecular weight is 784 g/mol. The molecule has 1 unspecified atom stereocenters. The van der Waals surface area contributed by atoms with Crippen molar-refractivity contribution in [2.45, 2.75) is 219 Å². The molecule has 0 spiro atoms. The lowest BCUT2D eigenvalue weighted by atomic mass is 10.0. The van der Waals surface area contributed by atoms with Crippen molar-refractivity contribution in [1.29, 1.82) is 0 Å². The summed E-state index contributed by atoms with van der Waals surface area (Å²) in [5, 5.41) is 0. The van der Waals surface area contributed by atoms with Crippen LogP contribution in [0.15, 0.2) is 36.6 Å². The second-order valence-electron chi connectivity index (χ2n) is 15.0. The first-order valence-corrected chi connectivity index (χ1v) is 24.0. The van der Waals surface area contributed by atoms with Crippen LogP contribution in [0.3, 0.4) is 0 Å². The lowest BCUT2D eigenvalue weighted by molar-refractivity contribution is -0.153. The Morgan fingerprint density at radius 3 is 1.50 bits per heavy atom. The molecular formula is C45H86NO7P. The van der Waals surface area contributed by atoms with Crippen LogP contribution in [0.25, 0.3) is 0 Å². The molecule has 0 saturated heterocycles. The van der Waals surface area contributed by atoms with Gasteiger partial charge in [-0.25, -0.2) is 4.57 Å². The van der Waals surface area contributed by atoms with Crippen molar-refractivity contribution in [2.75, 3.05) is 26.4 Å². The van der Waals surface area contributed by atoms with E-state index in [0.717, 1.165) is 44.9 Å². The molecule has 0 amide bonds. The normalized spacial score (nSPS) is 13.7. The summed E-state index contributed by atoms with van der Waals surface area (Å²) in [6, 6.07) is 0. The van der Waals surface area contributed by atoms with Crippen LogP contribution in [0, 0.1) is 0 Å². The van der Waals surface area contributed by atoms with E-state index in [9.17, 15) is 14.3 Å². The summed E-state index contributed by atoms with van der Waals surface area (Å²) >= 11 is 0. The van der Waals surface area contributed by atoms with Gasteiger partial charge in [0.1, 0.15) is 6.61 Å². The number of allylic oxidation sites excluding steroid dienone is 5. The van der Waals surface area contributed by atoms with Crippen LogP contribution < -0.4 is 5.73 Å². The van der Waals surface area contributed by atoms with E-state index in [-0.39, 0.29) is 32.3 Å². The first-order valence-electron chi connectivity index (χ1n) is 22.5. The molecule has 0 fully saturated rings. The van der Waals surface area contributed by atoms with Gasteiger partial charge in [-0.15, -0.1) is 0 Å². The van der Waals surface area contributed by atoms with Crippen molar-refractivity contribution in [2.24, 2.45) is 5.73 Å². The molecule has 0 aliphatic carbocycles. The fourth-order valence-electron chi connectivity index (χ4n) is 6.29. The van der Waals surface area contributed by atoms with Crippen LogP contribution in [0.4, 0.5) is 0 Å². The quantitative estimate of drug-likeness (QED) is 0.0206. The van der Waals surface area contributed by atoms with Gasteiger partial charge in [0.25, 0.3) is 0 Å². The van der Waals surface area contributed by atoms with Gasteiger partial charge in [-0.2, -0.15) is 0 Å². The predicted octanol–water partition coefficient (Wildman–Crippen LogP) is 13.8. The molecule has 0 radical (unpaired) electrons. The molecule has 0 aromatic carbocycles. The van der Waals surface area contributed by atoms with E-state index in [1.165, 1.54) is 148 Å². The molecule has 0 rings (SSSR count). The van der Waals surface area contributed by atoms with E-state index >= 15 is 0 Å². The number of nitrogens with two attached hydrogens (primary N) is 1. The number of hydrogen-bond donors (Lipinski definition) is 2. The number of carbonyl (C=O) groups is 1. The molecule has 2 atom stereocenters. The molecule has 0 aliphatic rings. The van der Waals surface area contributed by atoms with Crippen LogP contribution in [0.2, 0.25) is 0 Å². The monoisotopic (exact) mass is 784 g/mol. The molecular weight excluding hydrogens is 697 g/mol. The lowest BCUT2D eigenvalue weighted by Gasteiger charge is -2.19. The molecule has 54 heavy (non-hydrogen) atoms. The van der Waals surface area contributed by atoms with Gasteiger partial charge in [0.2, 0.25) is 0 Å². The Hall–Kier alpha value is -1.44. The Labute approximate surface area is 333 Å². The van der Waals surface area contributed by atoms with Crippen molar-refractivity contribution in [3.63, 3.8) is 0 Å². The van der Waals surface area contributed by atoms with Crippen LogP contribution in [-0.4, -0.2) is 43.3 Å². The molecule has 3 N–H and O–H groups in total. The van der Waals surface area contributed by atoms with Gasteiger partial charge < -0.3 is 20.1 Å². The molecule has 0 aromatic heterocycles. The highest BCUT2D eigenvalue weighted by atomic mass is 31.2. The van der Waals surface area contributed by atoms with E-state index in [2.05, 4.69) is 38.2 Å². The van der Waals surface area contributed by atoms with Gasteiger partial charge in [-0.1, -0.05) is 179 Å². The third-order valence-corrected chi connectivity index (χ3v) is 10.6. The number of phosphoric ester groups is 1. The maximum Gasteiger partial charge on any atom is 0.472 e. The Balaban J connectivity index is 4.06. The average Bonchev–Trinajstić information content (AvgIpc) is 3.16. The number of carbonyl (C=O) groups excluding carboxylic acids is 1. The van der Waals surface area contributed by atoms with Crippen molar-refractivity contribution >= 4 is 13.8 Å². The molecule has 0 aliphatic heterocycles. The van der Waals surface area contributed by atoms with Crippen LogP contribution >= 0.6 is 7.82 Å². The van der Waals surface area contributed by atoms with Crippen LogP contribution in [0.5, 0.6) is 0 Å². The zero-order valence-corrected chi connectivity index (χ0v) is 36.1. The van der Waals surface area contributed by atoms with Crippen molar-refractivity contribution in [3.8, 4) is 0 Å². The van der Waals surface area contributed by atoms with Crippen LogP contribution in [-0.2, 0) is 27.9 Å². The van der Waals surface area contributed by atoms with Gasteiger partial charge in [0.05, 0.1) is 19.5 Å². The number of rotatable bonds is 43. The molecule has 0 heterocycles. The first kappa shape index (κ1) is 52.6. The van der Waals surface area contributed by atoms with Gasteiger partial charge >= 0.3 is 13.8 Å². The smallest absolute Gasteiger partial charge is 0.472 e. The number of hydrogen-bond acceptors (Lipinski definition) is 7. The highest BCUT2D eigenvalue weighted by Gasteiger charge is 2.25. The molecule has 318 valence electrons. The predicted molar refractivity (Wildman–Crippen MR) is 229 cm³/mol. The Morgan fingerprint density at radius 2 is 1.00 bits per heavy atom. The van der Waals surface area contributed by atoms with Crippen molar-refractivity contribution < 1.29 is 32.8 Å². The fraction of sp³-hybridized carbons (Fsp3) is 0.844. The van der Waals surface area contributed by atoms with Gasteiger partial charge in [-0.3, -0.25) is 13.8 Å². The third kappa shape index (κ3) is 41.7. The lowest BCUT2D eigenvalue weighted by Crippen LogP contribution is -2.27. The second kappa shape index (κ2) is 42.7. The van der Waals surface area contributed by atoms with E-state index < -0.39 is 13.9 Å². The number of unbranched alkanes of at least 4 members (excludes halogenated alkanes) is 26. The van der Waals surface area contributed by atoms with Crippen LogP contribution in [0.1, 0.15) is 213 Å². The molecule has 9 heteroatoms. The number of ether oxygens (including phenoxy) is 2. The summed E-state index contributed by atoms with van der Waals surface area (Å²) in [6.07, 6.45) is 49.7. The van der Waals surface area contributed by atoms with E-state index in [0.29, 0.717) is 6.42 Å². The summed E-state index contributed by atoms with van der Waals surface area (Å²) < 4.78 is 33.2. The van der Waals surface area contributed by atoms with Crippen molar-refractivity contribution in [1.82, 2.24) is 0 Å². The minimum atomic E-state index is -4.29. The van der Waals surface area contributed by atoms with E-state index in [1.807, 2.05) is 6.08 Å². The second-order valence-corrected chi connectivity index (χ2v) is 16.4. The highest BCUT2D eigenvalue weighted by molar-refractivity contribution is 7.47. The Kier molecular flexibility index (Phi) is 41.6. The zero-order chi connectivity index (χ0) is 39.5. The highest BCUT2D eigenvalue weighted by Crippen LogP contribution is 2.43. The van der Waals surface area contributed by atoms with Crippen molar-refractivity contribution in [3.05, 3.63) is 36.6 Å². The third-order valence-electron chi connectivity index (χ3n) is 9.62. The van der Waals surface area contributed by atoms with Gasteiger partial charge in [-0.05, 0) is 57.4 Å². The summed E-state index contributed by atoms with van der Waals surface area (Å²) in [4.78, 5) is 22.5. The maximum atomic E-state index is 12.6. The molecule has 0 bridgehead atoms. The summed E-state index contributed by atoms with van der Waals surface area (Å²) in [5.41, 5.74) is 5.37. The number of esters is 1. The molecule has 0 aromatic rings. The Bertz CT molecular complexity index is 926. The largest absolute Gasteiger partial charge is 0.498 e. The Morgan fingerprint density at radius 1 is 0.574 bits per heavy atom. The van der Waals surface area contributed by atoms with Gasteiger partial charge in [0.15, 0.2) is 6.10 Å². The topological polar surface area (TPSA) is 117 Å².